The minimum Gasteiger partial charge on any atom is -0.446 e. The van der Waals surface area contributed by atoms with Crippen molar-refractivity contribution in [1.29, 1.82) is 0 Å². The summed E-state index contributed by atoms with van der Waals surface area (Å²) in [5.74, 6) is -3.17. The lowest BCUT2D eigenvalue weighted by atomic mass is 9.80. The van der Waals surface area contributed by atoms with Crippen LogP contribution in [0, 0.1) is 11.7 Å². The summed E-state index contributed by atoms with van der Waals surface area (Å²) in [6, 6.07) is 8.44. The summed E-state index contributed by atoms with van der Waals surface area (Å²) in [6.07, 6.45) is 8.02. The van der Waals surface area contributed by atoms with E-state index in [2.05, 4.69) is 21.3 Å². The molecule has 1 saturated heterocycles. The number of alkyl carbamates (subject to hydrolysis) is 1. The monoisotopic (exact) mass is 802 g/mol. The van der Waals surface area contributed by atoms with Crippen LogP contribution >= 0.6 is 0 Å². The topological polar surface area (TPSA) is 175 Å². The molecule has 3 fully saturated rings. The fourth-order valence-corrected chi connectivity index (χ4v) is 8.77. The third-order valence-corrected chi connectivity index (χ3v) is 12.3. The van der Waals surface area contributed by atoms with Gasteiger partial charge in [-0.05, 0) is 74.6 Å². The number of ketones is 1. The van der Waals surface area contributed by atoms with E-state index >= 15 is 0 Å². The number of hydrogen-bond acceptors (Lipinski definition) is 9. The maximum absolute atomic E-state index is 14.6. The molecule has 4 atom stereocenters. The highest BCUT2D eigenvalue weighted by atomic mass is 19.1. The Morgan fingerprint density at radius 1 is 0.793 bits per heavy atom. The van der Waals surface area contributed by atoms with Crippen molar-refractivity contribution in [2.45, 2.75) is 140 Å². The lowest BCUT2D eigenvalue weighted by molar-refractivity contribution is -0.142. The molecule has 2 saturated carbocycles. The molecule has 0 bridgehead atoms. The molecule has 0 spiro atoms. The fraction of sp³-hybridized carbons (Fsp3) is 0.581. The summed E-state index contributed by atoms with van der Waals surface area (Å²) in [4.78, 5) is 85.8. The lowest BCUT2D eigenvalue weighted by Gasteiger charge is -2.32. The van der Waals surface area contributed by atoms with Crippen LogP contribution in [0.3, 0.4) is 0 Å². The smallest absolute Gasteiger partial charge is 0.410 e. The predicted octanol–water partition coefficient (Wildman–Crippen LogP) is 5.93. The van der Waals surface area contributed by atoms with Crippen molar-refractivity contribution in [3.05, 3.63) is 59.4 Å². The van der Waals surface area contributed by atoms with E-state index in [0.29, 0.717) is 41.9 Å². The summed E-state index contributed by atoms with van der Waals surface area (Å²) in [6.45, 7) is 0.649. The first-order chi connectivity index (χ1) is 28.1. The van der Waals surface area contributed by atoms with E-state index in [9.17, 15) is 33.2 Å². The van der Waals surface area contributed by atoms with Crippen LogP contribution in [-0.4, -0.2) is 88.9 Å². The van der Waals surface area contributed by atoms with Crippen molar-refractivity contribution < 1.29 is 42.6 Å². The Balaban J connectivity index is 1.14. The number of hydrogen-bond donors (Lipinski definition) is 4. The Bertz CT molecular complexity index is 1850. The van der Waals surface area contributed by atoms with Crippen LogP contribution in [0.4, 0.5) is 25.4 Å². The van der Waals surface area contributed by atoms with Gasteiger partial charge in [-0.3, -0.25) is 24.1 Å². The van der Waals surface area contributed by atoms with Gasteiger partial charge in [-0.2, -0.15) is 0 Å². The predicted molar refractivity (Wildman–Crippen MR) is 212 cm³/mol. The van der Waals surface area contributed by atoms with Gasteiger partial charge < -0.3 is 35.6 Å². The molecule has 2 aliphatic carbocycles. The number of Topliss-reactive ketones (excluding diaryl/α,β-unsaturated/α-hetero) is 1. The van der Waals surface area contributed by atoms with Crippen LogP contribution < -0.4 is 21.3 Å². The van der Waals surface area contributed by atoms with Crippen molar-refractivity contribution in [3.8, 4) is 0 Å². The fourth-order valence-electron chi connectivity index (χ4n) is 8.77. The molecule has 14 nitrogen and oxygen atoms in total. The Kier molecular flexibility index (Phi) is 13.4. The highest BCUT2D eigenvalue weighted by Gasteiger charge is 2.46. The van der Waals surface area contributed by atoms with Gasteiger partial charge in [0.2, 0.25) is 17.6 Å². The number of carbonyl (C=O) groups excluding carboxylic acids is 6. The molecule has 5 amide bonds. The highest BCUT2D eigenvalue weighted by molar-refractivity contribution is 6.42. The molecule has 2 aromatic carbocycles. The van der Waals surface area contributed by atoms with Gasteiger partial charge in [0.05, 0.1) is 30.5 Å². The van der Waals surface area contributed by atoms with Crippen LogP contribution in [0.15, 0.2) is 42.5 Å². The number of amides is 5. The zero-order valence-corrected chi connectivity index (χ0v) is 33.0. The van der Waals surface area contributed by atoms with E-state index in [4.69, 9.17) is 9.47 Å². The highest BCUT2D eigenvalue weighted by Crippen LogP contribution is 2.32. The SMILES string of the molecule is O=C(N[C@H]1CCCCCCCNc2ccccc2NC(=O)C(=O)C(CC2CCC2)NC(=O)[C@@H]2C[C@@H](OC(=O)N3Cc4cccc(F)c4C3)CN2C1=O)OC1CCCC1. The summed E-state index contributed by atoms with van der Waals surface area (Å²) in [5, 5.41) is 11.7. The van der Waals surface area contributed by atoms with Crippen LogP contribution in [0.2, 0.25) is 0 Å². The summed E-state index contributed by atoms with van der Waals surface area (Å²) in [5.41, 5.74) is 2.21. The minimum absolute atomic E-state index is 0.0166. The molecule has 5 aliphatic rings. The lowest BCUT2D eigenvalue weighted by Crippen LogP contribution is -2.56. The number of benzene rings is 2. The van der Waals surface area contributed by atoms with Crippen molar-refractivity contribution in [1.82, 2.24) is 20.4 Å². The number of fused-ring (bicyclic) bond motifs is 3. The number of para-hydroxylation sites is 2. The van der Waals surface area contributed by atoms with E-state index in [1.807, 2.05) is 12.1 Å². The van der Waals surface area contributed by atoms with Crippen molar-refractivity contribution >= 4 is 47.1 Å². The van der Waals surface area contributed by atoms with Crippen LogP contribution in [0.25, 0.3) is 0 Å². The molecular formula is C43H55FN6O8. The van der Waals surface area contributed by atoms with Crippen LogP contribution in [0.5, 0.6) is 0 Å². The van der Waals surface area contributed by atoms with Gasteiger partial charge in [-0.25, -0.2) is 14.0 Å². The molecule has 15 heteroatoms. The zero-order chi connectivity index (χ0) is 40.6. The number of halogens is 1. The molecule has 0 radical (unpaired) electrons. The maximum Gasteiger partial charge on any atom is 0.410 e. The third kappa shape index (κ3) is 10.1. The largest absolute Gasteiger partial charge is 0.446 e. The van der Waals surface area contributed by atoms with Crippen LogP contribution in [-0.2, 0) is 41.7 Å². The molecule has 3 heterocycles. The standard InChI is InChI=1S/C43H55FN6O8/c44-32-17-11-14-28-24-49(26-31(28)32)43(56)58-30-23-37-39(52)47-36(22-27-12-10-13-27)38(51)40(53)46-34-19-8-7-18-33(34)45-21-9-3-1-2-4-20-35(41(54)50(37)25-30)48-42(55)57-29-15-5-6-16-29/h7-8,11,14,17-19,27,29-30,35-37,45H,1-6,9-10,12-13,15-16,20-26H2,(H,46,53)(H,47,52)(H,48,55)/t30-,35+,36?,37+/m1/s1. The molecular weight excluding hydrogens is 748 g/mol. The Labute approximate surface area is 338 Å². The van der Waals surface area contributed by atoms with Gasteiger partial charge in [0, 0.05) is 25.1 Å². The molecule has 3 aliphatic heterocycles. The first kappa shape index (κ1) is 41.0. The number of rotatable bonds is 5. The van der Waals surface area contributed by atoms with Crippen molar-refractivity contribution in [2.75, 3.05) is 23.7 Å². The van der Waals surface area contributed by atoms with E-state index < -0.39 is 65.7 Å². The number of nitrogens with one attached hydrogen (secondary N) is 4. The molecule has 2 aromatic rings. The average molecular weight is 803 g/mol. The second-order valence-electron chi connectivity index (χ2n) is 16.4. The molecule has 7 rings (SSSR count). The number of nitrogens with zero attached hydrogens (tertiary/aromatic N) is 2. The molecule has 58 heavy (non-hydrogen) atoms. The van der Waals surface area contributed by atoms with Crippen LogP contribution in [0.1, 0.15) is 107 Å². The van der Waals surface area contributed by atoms with Gasteiger partial charge in [0.1, 0.15) is 30.1 Å². The van der Waals surface area contributed by atoms with E-state index in [1.165, 1.54) is 15.9 Å². The van der Waals surface area contributed by atoms with Gasteiger partial charge >= 0.3 is 12.2 Å². The van der Waals surface area contributed by atoms with Gasteiger partial charge in [0.25, 0.3) is 5.91 Å². The quantitative estimate of drug-likeness (QED) is 0.267. The second-order valence-corrected chi connectivity index (χ2v) is 16.4. The summed E-state index contributed by atoms with van der Waals surface area (Å²) >= 11 is 0. The Morgan fingerprint density at radius 3 is 2.29 bits per heavy atom. The summed E-state index contributed by atoms with van der Waals surface area (Å²) < 4.78 is 26.1. The Hall–Kier alpha value is -5.21. The van der Waals surface area contributed by atoms with Gasteiger partial charge in [0.15, 0.2) is 0 Å². The maximum atomic E-state index is 14.6. The Morgan fingerprint density at radius 2 is 1.53 bits per heavy atom. The molecule has 0 aromatic heterocycles. The minimum atomic E-state index is -1.19. The van der Waals surface area contributed by atoms with E-state index in [-0.39, 0.29) is 44.5 Å². The van der Waals surface area contributed by atoms with E-state index in [1.54, 1.807) is 24.3 Å². The number of ether oxygens (including phenoxy) is 2. The normalized spacial score (nSPS) is 25.3. The molecule has 4 N–H and O–H groups in total. The van der Waals surface area contributed by atoms with Gasteiger partial charge in [-0.15, -0.1) is 0 Å². The number of carbonyl (C=O) groups is 6. The second kappa shape index (κ2) is 19.0. The number of anilines is 2. The summed E-state index contributed by atoms with van der Waals surface area (Å²) in [7, 11) is 0. The van der Waals surface area contributed by atoms with Crippen molar-refractivity contribution in [2.24, 2.45) is 5.92 Å². The molecule has 1 unspecified atom stereocenters. The van der Waals surface area contributed by atoms with E-state index in [0.717, 1.165) is 70.6 Å². The first-order valence-electron chi connectivity index (χ1n) is 21.1. The molecule has 312 valence electrons. The van der Waals surface area contributed by atoms with Gasteiger partial charge in [-0.1, -0.05) is 69.2 Å². The average Bonchev–Trinajstić information content (AvgIpc) is 3.97. The third-order valence-electron chi connectivity index (χ3n) is 12.3. The first-order valence-corrected chi connectivity index (χ1v) is 21.1. The zero-order valence-electron chi connectivity index (χ0n) is 33.0. The van der Waals surface area contributed by atoms with Crippen molar-refractivity contribution in [3.63, 3.8) is 0 Å².